The smallest absolute Gasteiger partial charge is 0.341 e. The molecular formula is C10H16O3. The van der Waals surface area contributed by atoms with E-state index in [1.165, 1.54) is 0 Å². The molecular weight excluding hydrogens is 168 g/mol. The van der Waals surface area contributed by atoms with Crippen molar-refractivity contribution in [3.05, 3.63) is 12.2 Å². The van der Waals surface area contributed by atoms with Crippen LogP contribution in [0.25, 0.3) is 0 Å². The first kappa shape index (κ1) is 11.9. The molecule has 0 amide bonds. The third kappa shape index (κ3) is 3.40. The number of hydrogen-bond donors (Lipinski definition) is 0. The molecule has 0 saturated heterocycles. The first-order valence-electron chi connectivity index (χ1n) is 4.21. The standard InChI is InChI=1S/C10H16O3/c1-6-13-9(12)7(2)8(11)10(3,4)5/h2,6H2,1,3-5H3. The zero-order valence-electron chi connectivity index (χ0n) is 8.64. The van der Waals surface area contributed by atoms with Gasteiger partial charge < -0.3 is 4.74 Å². The summed E-state index contributed by atoms with van der Waals surface area (Å²) in [5.74, 6) is -0.895. The van der Waals surface area contributed by atoms with Gasteiger partial charge in [0.25, 0.3) is 0 Å². The Balaban J connectivity index is 4.45. The Morgan fingerprint density at radius 1 is 1.31 bits per heavy atom. The topological polar surface area (TPSA) is 43.4 Å². The van der Waals surface area contributed by atoms with Gasteiger partial charge in [0.15, 0.2) is 5.78 Å². The largest absolute Gasteiger partial charge is 0.462 e. The van der Waals surface area contributed by atoms with E-state index in [1.54, 1.807) is 27.7 Å². The summed E-state index contributed by atoms with van der Waals surface area (Å²) in [6, 6.07) is 0. The highest BCUT2D eigenvalue weighted by molar-refractivity contribution is 6.18. The number of rotatable bonds is 3. The molecule has 0 aliphatic rings. The second-order valence-electron chi connectivity index (χ2n) is 3.78. The fourth-order valence-corrected chi connectivity index (χ4v) is 0.764. The van der Waals surface area contributed by atoms with E-state index in [9.17, 15) is 9.59 Å². The number of carbonyl (C=O) groups is 2. The van der Waals surface area contributed by atoms with Crippen LogP contribution < -0.4 is 0 Å². The Hall–Kier alpha value is -1.12. The zero-order chi connectivity index (χ0) is 10.6. The van der Waals surface area contributed by atoms with Crippen LogP contribution in [0.1, 0.15) is 27.7 Å². The number of carbonyl (C=O) groups excluding carboxylic acids is 2. The summed E-state index contributed by atoms with van der Waals surface area (Å²) in [5.41, 5.74) is -0.654. The SMILES string of the molecule is C=C(C(=O)OCC)C(=O)C(C)(C)C. The highest BCUT2D eigenvalue weighted by Crippen LogP contribution is 2.19. The summed E-state index contributed by atoms with van der Waals surface area (Å²) in [5, 5.41) is 0. The summed E-state index contributed by atoms with van der Waals surface area (Å²) in [4.78, 5) is 22.6. The minimum atomic E-state index is -0.623. The maximum atomic E-state index is 11.5. The summed E-state index contributed by atoms with van der Waals surface area (Å²) in [6.07, 6.45) is 0. The van der Waals surface area contributed by atoms with Crippen LogP contribution in [0.15, 0.2) is 12.2 Å². The summed E-state index contributed by atoms with van der Waals surface area (Å²) < 4.78 is 4.66. The molecule has 0 saturated carbocycles. The lowest BCUT2D eigenvalue weighted by molar-refractivity contribution is -0.141. The maximum absolute atomic E-state index is 11.5. The van der Waals surface area contributed by atoms with Gasteiger partial charge in [-0.1, -0.05) is 27.4 Å². The average molecular weight is 184 g/mol. The second-order valence-corrected chi connectivity index (χ2v) is 3.78. The number of ether oxygens (including phenoxy) is 1. The number of ketones is 1. The Bertz CT molecular complexity index is 233. The fraction of sp³-hybridized carbons (Fsp3) is 0.600. The highest BCUT2D eigenvalue weighted by atomic mass is 16.5. The maximum Gasteiger partial charge on any atom is 0.341 e. The van der Waals surface area contributed by atoms with E-state index in [4.69, 9.17) is 0 Å². The third-order valence-corrected chi connectivity index (χ3v) is 1.48. The monoisotopic (exact) mass is 184 g/mol. The Labute approximate surface area is 78.8 Å². The van der Waals surface area contributed by atoms with E-state index < -0.39 is 11.4 Å². The third-order valence-electron chi connectivity index (χ3n) is 1.48. The molecule has 0 aliphatic carbocycles. The van der Waals surface area contributed by atoms with Crippen molar-refractivity contribution in [1.29, 1.82) is 0 Å². The normalized spacial score (nSPS) is 10.8. The molecule has 3 heteroatoms. The zero-order valence-corrected chi connectivity index (χ0v) is 8.64. The first-order chi connectivity index (χ1) is 5.80. The van der Waals surface area contributed by atoms with Crippen molar-refractivity contribution in [2.24, 2.45) is 5.41 Å². The van der Waals surface area contributed by atoms with Crippen LogP contribution in [0.4, 0.5) is 0 Å². The van der Waals surface area contributed by atoms with Gasteiger partial charge in [-0.15, -0.1) is 0 Å². The van der Waals surface area contributed by atoms with Crippen molar-refractivity contribution >= 4 is 11.8 Å². The van der Waals surface area contributed by atoms with E-state index in [0.717, 1.165) is 0 Å². The highest BCUT2D eigenvalue weighted by Gasteiger charge is 2.28. The van der Waals surface area contributed by atoms with Gasteiger partial charge in [0.1, 0.15) is 0 Å². The van der Waals surface area contributed by atoms with Crippen molar-refractivity contribution in [3.63, 3.8) is 0 Å². The van der Waals surface area contributed by atoms with Crippen LogP contribution in [0.2, 0.25) is 0 Å². The lowest BCUT2D eigenvalue weighted by Gasteiger charge is -2.16. The van der Waals surface area contributed by atoms with Crippen LogP contribution in [0.3, 0.4) is 0 Å². The predicted octanol–water partition coefficient (Wildman–Crippen LogP) is 1.72. The van der Waals surface area contributed by atoms with E-state index >= 15 is 0 Å². The Kier molecular flexibility index (Phi) is 3.85. The molecule has 0 atom stereocenters. The Morgan fingerprint density at radius 3 is 2.08 bits per heavy atom. The molecule has 0 rings (SSSR count). The fourth-order valence-electron chi connectivity index (χ4n) is 0.764. The minimum absolute atomic E-state index is 0.0747. The minimum Gasteiger partial charge on any atom is -0.462 e. The molecule has 0 fully saturated rings. The van der Waals surface area contributed by atoms with Gasteiger partial charge in [0.05, 0.1) is 12.2 Å². The molecule has 0 aliphatic heterocycles. The van der Waals surface area contributed by atoms with Crippen molar-refractivity contribution in [1.82, 2.24) is 0 Å². The lowest BCUT2D eigenvalue weighted by Crippen LogP contribution is -2.26. The molecule has 0 unspecified atom stereocenters. The predicted molar refractivity (Wildman–Crippen MR) is 50.2 cm³/mol. The lowest BCUT2D eigenvalue weighted by atomic mass is 9.87. The molecule has 0 radical (unpaired) electrons. The molecule has 0 aromatic heterocycles. The van der Waals surface area contributed by atoms with Gasteiger partial charge in [-0.3, -0.25) is 4.79 Å². The van der Waals surface area contributed by atoms with Crippen molar-refractivity contribution < 1.29 is 14.3 Å². The molecule has 0 heterocycles. The van der Waals surface area contributed by atoms with Gasteiger partial charge in [-0.05, 0) is 6.92 Å². The molecule has 0 spiro atoms. The molecule has 0 aromatic carbocycles. The second kappa shape index (κ2) is 4.21. The van der Waals surface area contributed by atoms with E-state index in [0.29, 0.717) is 0 Å². The van der Waals surface area contributed by atoms with Crippen LogP contribution in [0, 0.1) is 5.41 Å². The molecule has 13 heavy (non-hydrogen) atoms. The number of hydrogen-bond acceptors (Lipinski definition) is 3. The van der Waals surface area contributed by atoms with Gasteiger partial charge in [-0.25, -0.2) is 4.79 Å². The van der Waals surface area contributed by atoms with Crippen LogP contribution in [0.5, 0.6) is 0 Å². The van der Waals surface area contributed by atoms with Crippen molar-refractivity contribution in [2.75, 3.05) is 6.61 Å². The van der Waals surface area contributed by atoms with E-state index in [1.807, 2.05) is 0 Å². The van der Waals surface area contributed by atoms with Crippen LogP contribution in [-0.4, -0.2) is 18.4 Å². The average Bonchev–Trinajstić information content (AvgIpc) is 2.00. The molecule has 0 bridgehead atoms. The number of Topliss-reactive ketones (excluding diaryl/α,β-unsaturated/α-hetero) is 1. The van der Waals surface area contributed by atoms with Gasteiger partial charge in [0.2, 0.25) is 0 Å². The van der Waals surface area contributed by atoms with E-state index in [2.05, 4.69) is 11.3 Å². The molecule has 0 N–H and O–H groups in total. The summed E-state index contributed by atoms with van der Waals surface area (Å²) in [6.45, 7) is 10.6. The molecule has 0 aromatic rings. The van der Waals surface area contributed by atoms with Crippen LogP contribution in [-0.2, 0) is 14.3 Å². The summed E-state index contributed by atoms with van der Waals surface area (Å²) >= 11 is 0. The quantitative estimate of drug-likeness (QED) is 0.290. The summed E-state index contributed by atoms with van der Waals surface area (Å²) in [7, 11) is 0. The van der Waals surface area contributed by atoms with E-state index in [-0.39, 0.29) is 18.0 Å². The number of esters is 1. The van der Waals surface area contributed by atoms with Gasteiger partial charge in [0, 0.05) is 5.41 Å². The first-order valence-corrected chi connectivity index (χ1v) is 4.21. The van der Waals surface area contributed by atoms with Gasteiger partial charge >= 0.3 is 5.97 Å². The van der Waals surface area contributed by atoms with Crippen molar-refractivity contribution in [3.8, 4) is 0 Å². The molecule has 3 nitrogen and oxygen atoms in total. The van der Waals surface area contributed by atoms with Gasteiger partial charge in [-0.2, -0.15) is 0 Å². The molecule has 74 valence electrons. The van der Waals surface area contributed by atoms with Crippen molar-refractivity contribution in [2.45, 2.75) is 27.7 Å². The van der Waals surface area contributed by atoms with Crippen LogP contribution >= 0.6 is 0 Å². The Morgan fingerprint density at radius 2 is 1.77 bits per heavy atom.